The predicted molar refractivity (Wildman–Crippen MR) is 105 cm³/mol. The summed E-state index contributed by atoms with van der Waals surface area (Å²) in [6, 6.07) is 11.0. The van der Waals surface area contributed by atoms with Crippen LogP contribution in [-0.2, 0) is 11.0 Å². The molecule has 2 aromatic carbocycles. The van der Waals surface area contributed by atoms with Gasteiger partial charge in [0.2, 0.25) is 5.91 Å². The van der Waals surface area contributed by atoms with Crippen molar-refractivity contribution in [3.05, 3.63) is 69.8 Å². The number of carbonyl (C=O) groups excluding carboxylic acids is 1. The molecule has 0 aromatic heterocycles. The van der Waals surface area contributed by atoms with Gasteiger partial charge in [-0.3, -0.25) is 14.9 Å². The Morgan fingerprint density at radius 2 is 1.83 bits per heavy atom. The van der Waals surface area contributed by atoms with Crippen LogP contribution in [0.1, 0.15) is 23.6 Å². The highest BCUT2D eigenvalue weighted by Crippen LogP contribution is 2.34. The van der Waals surface area contributed by atoms with Gasteiger partial charge in [-0.1, -0.05) is 30.3 Å². The molecule has 2 aromatic rings. The predicted octanol–water partition coefficient (Wildman–Crippen LogP) is 3.65. The molecule has 0 fully saturated rings. The summed E-state index contributed by atoms with van der Waals surface area (Å²) in [5, 5.41) is 16.3. The van der Waals surface area contributed by atoms with Crippen molar-refractivity contribution >= 4 is 29.7 Å². The van der Waals surface area contributed by atoms with E-state index >= 15 is 0 Å². The number of nitro benzene ring substituents is 1. The summed E-state index contributed by atoms with van der Waals surface area (Å²) >= 11 is 0. The minimum atomic E-state index is -4.68. The Balaban J connectivity index is 0.00000420. The highest BCUT2D eigenvalue weighted by atomic mass is 35.5. The summed E-state index contributed by atoms with van der Waals surface area (Å²) in [7, 11) is 0. The number of rotatable bonds is 8. The average Bonchev–Trinajstić information content (AvgIpc) is 2.66. The first kappa shape index (κ1) is 24.2. The van der Waals surface area contributed by atoms with Crippen LogP contribution in [0, 0.1) is 10.1 Å². The van der Waals surface area contributed by atoms with Gasteiger partial charge in [0.15, 0.2) is 0 Å². The Kier molecular flexibility index (Phi) is 8.86. The van der Waals surface area contributed by atoms with Crippen molar-refractivity contribution in [1.82, 2.24) is 5.32 Å². The number of nitro groups is 1. The summed E-state index contributed by atoms with van der Waals surface area (Å²) in [6.45, 7) is 0.224. The molecule has 0 radical (unpaired) electrons. The Morgan fingerprint density at radius 3 is 2.41 bits per heavy atom. The molecule has 4 N–H and O–H groups in total. The summed E-state index contributed by atoms with van der Waals surface area (Å²) in [6.07, 6.45) is -4.71. The Labute approximate surface area is 171 Å². The molecule has 0 saturated heterocycles. The third-order valence-corrected chi connectivity index (χ3v) is 3.94. The van der Waals surface area contributed by atoms with E-state index in [1.807, 2.05) is 30.3 Å². The lowest BCUT2D eigenvalue weighted by molar-refractivity contribution is -0.384. The number of amides is 1. The van der Waals surface area contributed by atoms with Crippen molar-refractivity contribution in [2.75, 3.05) is 18.4 Å². The second-order valence-corrected chi connectivity index (χ2v) is 5.98. The monoisotopic (exact) mass is 432 g/mol. The molecule has 7 nitrogen and oxygen atoms in total. The lowest BCUT2D eigenvalue weighted by Crippen LogP contribution is -2.32. The van der Waals surface area contributed by atoms with E-state index in [-0.39, 0.29) is 49.6 Å². The first-order valence-electron chi connectivity index (χ1n) is 8.35. The van der Waals surface area contributed by atoms with Crippen molar-refractivity contribution in [2.24, 2.45) is 5.73 Å². The van der Waals surface area contributed by atoms with Crippen LogP contribution in [0.25, 0.3) is 0 Å². The van der Waals surface area contributed by atoms with E-state index < -0.39 is 22.4 Å². The van der Waals surface area contributed by atoms with Crippen LogP contribution in [0.5, 0.6) is 0 Å². The van der Waals surface area contributed by atoms with E-state index in [1.54, 1.807) is 0 Å². The van der Waals surface area contributed by atoms with Gasteiger partial charge in [-0.2, -0.15) is 13.2 Å². The number of nitrogens with one attached hydrogen (secondary N) is 2. The second-order valence-electron chi connectivity index (χ2n) is 5.98. The molecule has 29 heavy (non-hydrogen) atoms. The molecular formula is C18H20ClF3N4O3. The molecule has 158 valence electrons. The number of halogens is 4. The molecule has 11 heteroatoms. The maximum atomic E-state index is 12.7. The molecule has 0 spiro atoms. The molecular weight excluding hydrogens is 413 g/mol. The molecule has 1 amide bonds. The van der Waals surface area contributed by atoms with Gasteiger partial charge >= 0.3 is 6.18 Å². The van der Waals surface area contributed by atoms with Crippen LogP contribution in [0.2, 0.25) is 0 Å². The molecule has 1 unspecified atom stereocenters. The Bertz CT molecular complexity index is 835. The minimum absolute atomic E-state index is 0. The Morgan fingerprint density at radius 1 is 1.17 bits per heavy atom. The van der Waals surface area contributed by atoms with Crippen molar-refractivity contribution in [3.8, 4) is 0 Å². The van der Waals surface area contributed by atoms with Crippen molar-refractivity contribution in [2.45, 2.75) is 18.6 Å². The zero-order valence-electron chi connectivity index (χ0n) is 15.1. The fourth-order valence-corrected chi connectivity index (χ4v) is 2.45. The molecule has 0 heterocycles. The van der Waals surface area contributed by atoms with Crippen LogP contribution in [-0.4, -0.2) is 23.9 Å². The summed E-state index contributed by atoms with van der Waals surface area (Å²) in [4.78, 5) is 22.0. The normalized spacial score (nSPS) is 11.9. The first-order valence-corrected chi connectivity index (χ1v) is 8.35. The van der Waals surface area contributed by atoms with E-state index in [1.165, 1.54) is 0 Å². The highest BCUT2D eigenvalue weighted by Gasteiger charge is 2.33. The fraction of sp³-hybridized carbons (Fsp3) is 0.278. The van der Waals surface area contributed by atoms with Crippen LogP contribution < -0.4 is 16.4 Å². The van der Waals surface area contributed by atoms with Gasteiger partial charge in [-0.25, -0.2) is 0 Å². The smallest absolute Gasteiger partial charge is 0.379 e. The third-order valence-electron chi connectivity index (χ3n) is 3.94. The van der Waals surface area contributed by atoms with E-state index in [4.69, 9.17) is 5.73 Å². The van der Waals surface area contributed by atoms with E-state index in [9.17, 15) is 28.1 Å². The van der Waals surface area contributed by atoms with E-state index in [0.29, 0.717) is 6.07 Å². The van der Waals surface area contributed by atoms with Crippen molar-refractivity contribution in [1.29, 1.82) is 0 Å². The van der Waals surface area contributed by atoms with Crippen LogP contribution in [0.15, 0.2) is 48.5 Å². The minimum Gasteiger partial charge on any atom is -0.379 e. The van der Waals surface area contributed by atoms with Crippen LogP contribution in [0.3, 0.4) is 0 Å². The summed E-state index contributed by atoms with van der Waals surface area (Å²) in [5.74, 6) is -0.339. The maximum Gasteiger partial charge on any atom is 0.416 e. The zero-order valence-corrected chi connectivity index (χ0v) is 15.9. The molecule has 2 rings (SSSR count). The van der Waals surface area contributed by atoms with E-state index in [2.05, 4.69) is 10.6 Å². The van der Waals surface area contributed by atoms with Gasteiger partial charge < -0.3 is 16.4 Å². The van der Waals surface area contributed by atoms with Gasteiger partial charge in [0.05, 0.1) is 10.5 Å². The maximum absolute atomic E-state index is 12.7. The molecule has 0 aliphatic rings. The van der Waals surface area contributed by atoms with Crippen LogP contribution in [0.4, 0.5) is 24.5 Å². The number of benzene rings is 2. The first-order chi connectivity index (χ1) is 13.2. The quantitative estimate of drug-likeness (QED) is 0.435. The zero-order chi connectivity index (χ0) is 20.7. The molecule has 0 bridgehead atoms. The molecule has 0 aliphatic heterocycles. The highest BCUT2D eigenvalue weighted by molar-refractivity contribution is 5.85. The molecule has 0 aliphatic carbocycles. The lowest BCUT2D eigenvalue weighted by atomic mass is 10.1. The number of carbonyl (C=O) groups is 1. The van der Waals surface area contributed by atoms with Gasteiger partial charge in [-0.15, -0.1) is 12.4 Å². The third kappa shape index (κ3) is 7.24. The topological polar surface area (TPSA) is 110 Å². The SMILES string of the molecule is Cl.NC(CNC(=O)CCNc1ccc(C(F)(F)F)cc1[N+](=O)[O-])c1ccccc1. The summed E-state index contributed by atoms with van der Waals surface area (Å²) in [5.41, 5.74) is 4.92. The molecule has 1 atom stereocenters. The van der Waals surface area contributed by atoms with Crippen molar-refractivity contribution in [3.63, 3.8) is 0 Å². The lowest BCUT2D eigenvalue weighted by Gasteiger charge is -2.14. The number of alkyl halides is 3. The molecule has 0 saturated carbocycles. The van der Waals surface area contributed by atoms with Gasteiger partial charge in [0, 0.05) is 31.6 Å². The number of nitrogens with zero attached hydrogens (tertiary/aromatic N) is 1. The number of nitrogens with two attached hydrogens (primary N) is 1. The van der Waals surface area contributed by atoms with E-state index in [0.717, 1.165) is 17.7 Å². The standard InChI is InChI=1S/C18H19F3N4O3.ClH/c19-18(20,21)13-6-7-15(16(10-13)25(27)28)23-9-8-17(26)24-11-14(22)12-4-2-1-3-5-12;/h1-7,10,14,23H,8-9,11,22H2,(H,24,26);1H. The number of anilines is 1. The van der Waals surface area contributed by atoms with Gasteiger partial charge in [0.25, 0.3) is 5.69 Å². The van der Waals surface area contributed by atoms with Crippen LogP contribution >= 0.6 is 12.4 Å². The number of hydrogen-bond acceptors (Lipinski definition) is 5. The fourth-order valence-electron chi connectivity index (χ4n) is 2.45. The van der Waals surface area contributed by atoms with Crippen molar-refractivity contribution < 1.29 is 22.9 Å². The largest absolute Gasteiger partial charge is 0.416 e. The average molecular weight is 433 g/mol. The second kappa shape index (κ2) is 10.6. The number of hydrogen-bond donors (Lipinski definition) is 3. The van der Waals surface area contributed by atoms with Gasteiger partial charge in [0.1, 0.15) is 5.69 Å². The summed E-state index contributed by atoms with van der Waals surface area (Å²) < 4.78 is 38.1. The Hall–Kier alpha value is -2.85. The van der Waals surface area contributed by atoms with Gasteiger partial charge in [-0.05, 0) is 17.7 Å².